The van der Waals surface area contributed by atoms with Gasteiger partial charge in [-0.2, -0.15) is 0 Å². The summed E-state index contributed by atoms with van der Waals surface area (Å²) >= 11 is 0. The molecule has 24 heavy (non-hydrogen) atoms. The fraction of sp³-hybridized carbons (Fsp3) is 0.118. The first kappa shape index (κ1) is 15.7. The zero-order valence-corrected chi connectivity index (χ0v) is 12.7. The molecule has 0 aliphatic heterocycles. The van der Waals surface area contributed by atoms with Gasteiger partial charge in [0.25, 0.3) is 0 Å². The average Bonchev–Trinajstić information content (AvgIpc) is 3.09. The van der Waals surface area contributed by atoms with E-state index in [0.29, 0.717) is 18.0 Å². The predicted molar refractivity (Wildman–Crippen MR) is 84.8 cm³/mol. The summed E-state index contributed by atoms with van der Waals surface area (Å²) in [4.78, 5) is 11.8. The van der Waals surface area contributed by atoms with Crippen molar-refractivity contribution in [2.45, 2.75) is 13.1 Å². The van der Waals surface area contributed by atoms with Crippen LogP contribution in [0.2, 0.25) is 0 Å². The Kier molecular flexibility index (Phi) is 4.81. The maximum absolute atomic E-state index is 12.8. The molecule has 0 bridgehead atoms. The monoisotopic (exact) mass is 326 g/mol. The Morgan fingerprint density at radius 1 is 1.08 bits per heavy atom. The second kappa shape index (κ2) is 7.36. The number of carbonyl (C=O) groups excluding carboxylic acids is 1. The van der Waals surface area contributed by atoms with E-state index >= 15 is 0 Å². The summed E-state index contributed by atoms with van der Waals surface area (Å²) in [5, 5.41) is 10.2. The molecule has 0 spiro atoms. The van der Waals surface area contributed by atoms with Crippen LogP contribution in [0, 0.1) is 5.82 Å². The van der Waals surface area contributed by atoms with E-state index in [2.05, 4.69) is 15.6 Å². The van der Waals surface area contributed by atoms with E-state index in [-0.39, 0.29) is 18.3 Å². The van der Waals surface area contributed by atoms with E-state index in [1.807, 2.05) is 12.1 Å². The minimum Gasteiger partial charge on any atom is -0.457 e. The van der Waals surface area contributed by atoms with E-state index < -0.39 is 0 Å². The predicted octanol–water partition coefficient (Wildman–Crippen LogP) is 2.53. The van der Waals surface area contributed by atoms with Crippen molar-refractivity contribution in [2.75, 3.05) is 0 Å². The van der Waals surface area contributed by atoms with Crippen molar-refractivity contribution in [3.8, 4) is 11.5 Å². The van der Waals surface area contributed by atoms with Crippen LogP contribution in [0.3, 0.4) is 0 Å². The number of ether oxygens (including phenoxy) is 1. The highest BCUT2D eigenvalue weighted by molar-refractivity contribution is 5.75. The molecule has 1 amide bonds. The Morgan fingerprint density at radius 3 is 2.38 bits per heavy atom. The maximum Gasteiger partial charge on any atom is 0.242 e. The number of nitrogens with one attached hydrogen (secondary N) is 1. The van der Waals surface area contributed by atoms with Gasteiger partial charge in [-0.3, -0.25) is 4.79 Å². The number of hydrogen-bond acceptors (Lipinski definition) is 4. The molecule has 3 aromatic rings. The second-order valence-electron chi connectivity index (χ2n) is 5.08. The molecule has 122 valence electrons. The summed E-state index contributed by atoms with van der Waals surface area (Å²) in [6, 6.07) is 13.1. The summed E-state index contributed by atoms with van der Waals surface area (Å²) in [7, 11) is 0. The highest BCUT2D eigenvalue weighted by Gasteiger charge is 2.04. The van der Waals surface area contributed by atoms with Crippen LogP contribution in [0.1, 0.15) is 5.56 Å². The standard InChI is InChI=1S/C17H15FN4O2/c18-14-3-7-16(8-4-14)24-15-5-1-13(2-6-15)11-19-17(23)12-22-10-9-20-21-22/h1-10H,11-12H2,(H,19,23). The van der Waals surface area contributed by atoms with Gasteiger partial charge < -0.3 is 10.1 Å². The maximum atomic E-state index is 12.8. The highest BCUT2D eigenvalue weighted by atomic mass is 19.1. The Labute approximate surface area is 137 Å². The summed E-state index contributed by atoms with van der Waals surface area (Å²) < 4.78 is 19.9. The molecule has 6 nitrogen and oxygen atoms in total. The highest BCUT2D eigenvalue weighted by Crippen LogP contribution is 2.21. The van der Waals surface area contributed by atoms with Gasteiger partial charge in [-0.1, -0.05) is 17.3 Å². The molecule has 3 rings (SSSR count). The summed E-state index contributed by atoms with van der Waals surface area (Å²) in [5.41, 5.74) is 0.938. The Bertz CT molecular complexity index is 786. The van der Waals surface area contributed by atoms with Crippen molar-refractivity contribution in [3.63, 3.8) is 0 Å². The van der Waals surface area contributed by atoms with Crippen molar-refractivity contribution in [1.82, 2.24) is 20.3 Å². The minimum atomic E-state index is -0.306. The van der Waals surface area contributed by atoms with E-state index in [1.54, 1.807) is 30.5 Å². The van der Waals surface area contributed by atoms with Crippen LogP contribution in [0.15, 0.2) is 60.9 Å². The third kappa shape index (κ3) is 4.39. The van der Waals surface area contributed by atoms with Gasteiger partial charge in [-0.15, -0.1) is 5.10 Å². The lowest BCUT2D eigenvalue weighted by atomic mass is 10.2. The van der Waals surface area contributed by atoms with Crippen molar-refractivity contribution in [2.24, 2.45) is 0 Å². The molecule has 0 atom stereocenters. The molecule has 0 aliphatic carbocycles. The number of benzene rings is 2. The number of hydrogen-bond donors (Lipinski definition) is 1. The summed E-state index contributed by atoms with van der Waals surface area (Å²) in [5.74, 6) is 0.746. The van der Waals surface area contributed by atoms with Crippen LogP contribution in [0.5, 0.6) is 11.5 Å². The molecule has 0 saturated carbocycles. The van der Waals surface area contributed by atoms with Gasteiger partial charge in [-0.25, -0.2) is 9.07 Å². The Morgan fingerprint density at radius 2 is 1.75 bits per heavy atom. The first-order valence-corrected chi connectivity index (χ1v) is 7.32. The first-order valence-electron chi connectivity index (χ1n) is 7.32. The molecular formula is C17H15FN4O2. The number of aromatic nitrogens is 3. The largest absolute Gasteiger partial charge is 0.457 e. The zero-order valence-electron chi connectivity index (χ0n) is 12.7. The fourth-order valence-electron chi connectivity index (χ4n) is 2.03. The van der Waals surface area contributed by atoms with E-state index in [9.17, 15) is 9.18 Å². The normalized spacial score (nSPS) is 10.4. The van der Waals surface area contributed by atoms with Gasteiger partial charge in [0.05, 0.1) is 6.20 Å². The van der Waals surface area contributed by atoms with Crippen molar-refractivity contribution < 1.29 is 13.9 Å². The topological polar surface area (TPSA) is 69.0 Å². The van der Waals surface area contributed by atoms with Crippen molar-refractivity contribution in [3.05, 3.63) is 72.3 Å². The molecule has 0 aliphatic rings. The summed E-state index contributed by atoms with van der Waals surface area (Å²) in [6.07, 6.45) is 3.15. The number of rotatable bonds is 6. The van der Waals surface area contributed by atoms with Crippen LogP contribution in [0.25, 0.3) is 0 Å². The molecule has 7 heteroatoms. The number of halogens is 1. The molecule has 1 N–H and O–H groups in total. The third-order valence-electron chi connectivity index (χ3n) is 3.24. The SMILES string of the molecule is O=C(Cn1ccnn1)NCc1ccc(Oc2ccc(F)cc2)cc1. The fourth-order valence-corrected chi connectivity index (χ4v) is 2.03. The van der Waals surface area contributed by atoms with E-state index in [1.165, 1.54) is 23.0 Å². The molecule has 0 fully saturated rings. The van der Waals surface area contributed by atoms with Gasteiger partial charge in [0.2, 0.25) is 5.91 Å². The van der Waals surface area contributed by atoms with Gasteiger partial charge in [-0.05, 0) is 42.0 Å². The van der Waals surface area contributed by atoms with Gasteiger partial charge in [0, 0.05) is 12.7 Å². The Balaban J connectivity index is 1.50. The molecule has 0 saturated heterocycles. The number of nitrogens with zero attached hydrogens (tertiary/aromatic N) is 3. The lowest BCUT2D eigenvalue weighted by molar-refractivity contribution is -0.122. The quantitative estimate of drug-likeness (QED) is 0.756. The van der Waals surface area contributed by atoms with Crippen LogP contribution in [-0.2, 0) is 17.9 Å². The van der Waals surface area contributed by atoms with Crippen LogP contribution in [0.4, 0.5) is 4.39 Å². The van der Waals surface area contributed by atoms with Crippen LogP contribution < -0.4 is 10.1 Å². The second-order valence-corrected chi connectivity index (χ2v) is 5.08. The summed E-state index contributed by atoms with van der Waals surface area (Å²) in [6.45, 7) is 0.538. The van der Waals surface area contributed by atoms with E-state index in [0.717, 1.165) is 5.56 Å². The molecule has 2 aromatic carbocycles. The van der Waals surface area contributed by atoms with Gasteiger partial charge in [0.1, 0.15) is 23.9 Å². The van der Waals surface area contributed by atoms with Gasteiger partial charge in [0.15, 0.2) is 0 Å². The van der Waals surface area contributed by atoms with Crippen molar-refractivity contribution in [1.29, 1.82) is 0 Å². The zero-order chi connectivity index (χ0) is 16.8. The number of carbonyl (C=O) groups is 1. The van der Waals surface area contributed by atoms with Gasteiger partial charge >= 0.3 is 0 Å². The molecular weight excluding hydrogens is 311 g/mol. The lowest BCUT2D eigenvalue weighted by Gasteiger charge is -2.08. The van der Waals surface area contributed by atoms with Crippen LogP contribution >= 0.6 is 0 Å². The first-order chi connectivity index (χ1) is 11.7. The van der Waals surface area contributed by atoms with Crippen molar-refractivity contribution >= 4 is 5.91 Å². The van der Waals surface area contributed by atoms with Crippen LogP contribution in [-0.4, -0.2) is 20.9 Å². The smallest absolute Gasteiger partial charge is 0.242 e. The molecule has 0 radical (unpaired) electrons. The molecule has 1 heterocycles. The average molecular weight is 326 g/mol. The minimum absolute atomic E-state index is 0.131. The Hall–Kier alpha value is -3.22. The number of amides is 1. The lowest BCUT2D eigenvalue weighted by Crippen LogP contribution is -2.27. The third-order valence-corrected chi connectivity index (χ3v) is 3.24. The molecule has 1 aromatic heterocycles. The molecule has 0 unspecified atom stereocenters. The van der Waals surface area contributed by atoms with E-state index in [4.69, 9.17) is 4.74 Å².